The zero-order valence-corrected chi connectivity index (χ0v) is 17.6. The van der Waals surface area contributed by atoms with Crippen molar-refractivity contribution in [1.29, 1.82) is 0 Å². The van der Waals surface area contributed by atoms with Gasteiger partial charge in [0.15, 0.2) is 0 Å². The average molecular weight is 433 g/mol. The van der Waals surface area contributed by atoms with E-state index in [-0.39, 0.29) is 17.3 Å². The van der Waals surface area contributed by atoms with Gasteiger partial charge < -0.3 is 19.9 Å². The topological polar surface area (TPSA) is 86.5 Å². The zero-order chi connectivity index (χ0) is 21.1. The van der Waals surface area contributed by atoms with E-state index in [0.29, 0.717) is 12.2 Å². The van der Waals surface area contributed by atoms with Gasteiger partial charge in [0, 0.05) is 49.8 Å². The standard InChI is InChI=1S/C21H25FN4O3S/c1-29-21-5-3-17(13-20(21)26-10-8-23-9-11-26)30(27,28)25-7-6-15-14-24-19-4-2-16(22)12-18(15)19/h2-5,12-14,23-25H,6-11H2,1H3. The van der Waals surface area contributed by atoms with E-state index in [1.54, 1.807) is 37.6 Å². The highest BCUT2D eigenvalue weighted by atomic mass is 32.2. The molecule has 9 heteroatoms. The van der Waals surface area contributed by atoms with Crippen LogP contribution in [0.15, 0.2) is 47.5 Å². The van der Waals surface area contributed by atoms with Crippen LogP contribution in [-0.2, 0) is 16.4 Å². The van der Waals surface area contributed by atoms with Gasteiger partial charge in [0.2, 0.25) is 10.0 Å². The minimum atomic E-state index is -3.69. The number of aromatic nitrogens is 1. The predicted octanol–water partition coefficient (Wildman–Crippen LogP) is 2.25. The van der Waals surface area contributed by atoms with Gasteiger partial charge >= 0.3 is 0 Å². The number of aromatic amines is 1. The first kappa shape index (κ1) is 20.6. The number of halogens is 1. The first-order valence-corrected chi connectivity index (χ1v) is 11.3. The number of anilines is 1. The van der Waals surface area contributed by atoms with Gasteiger partial charge in [0.25, 0.3) is 0 Å². The van der Waals surface area contributed by atoms with Gasteiger partial charge in [-0.2, -0.15) is 0 Å². The van der Waals surface area contributed by atoms with Crippen molar-refractivity contribution in [3.05, 3.63) is 54.0 Å². The lowest BCUT2D eigenvalue weighted by molar-refractivity contribution is 0.412. The third-order valence-electron chi connectivity index (χ3n) is 5.33. The molecule has 0 amide bonds. The Balaban J connectivity index is 1.49. The van der Waals surface area contributed by atoms with Crippen LogP contribution in [0.3, 0.4) is 0 Å². The van der Waals surface area contributed by atoms with E-state index in [1.165, 1.54) is 12.1 Å². The van der Waals surface area contributed by atoms with Crippen LogP contribution in [0.5, 0.6) is 5.75 Å². The van der Waals surface area contributed by atoms with Gasteiger partial charge in [-0.1, -0.05) is 0 Å². The molecule has 160 valence electrons. The van der Waals surface area contributed by atoms with Crippen LogP contribution >= 0.6 is 0 Å². The molecule has 2 aromatic carbocycles. The van der Waals surface area contributed by atoms with Crippen molar-refractivity contribution >= 4 is 26.6 Å². The molecule has 30 heavy (non-hydrogen) atoms. The van der Waals surface area contributed by atoms with E-state index in [0.717, 1.165) is 48.3 Å². The fraction of sp³-hybridized carbons (Fsp3) is 0.333. The second-order valence-electron chi connectivity index (χ2n) is 7.22. The summed E-state index contributed by atoms with van der Waals surface area (Å²) in [6.45, 7) is 3.45. The summed E-state index contributed by atoms with van der Waals surface area (Å²) in [6.07, 6.45) is 2.23. The lowest BCUT2D eigenvalue weighted by atomic mass is 10.1. The van der Waals surface area contributed by atoms with E-state index < -0.39 is 10.0 Å². The molecule has 0 bridgehead atoms. The molecule has 1 aliphatic rings. The molecule has 4 rings (SSSR count). The van der Waals surface area contributed by atoms with Gasteiger partial charge in [-0.3, -0.25) is 0 Å². The first-order valence-electron chi connectivity index (χ1n) is 9.87. The highest BCUT2D eigenvalue weighted by Gasteiger charge is 2.20. The van der Waals surface area contributed by atoms with Crippen LogP contribution in [0, 0.1) is 5.82 Å². The van der Waals surface area contributed by atoms with E-state index in [1.807, 2.05) is 0 Å². The number of nitrogens with zero attached hydrogens (tertiary/aromatic N) is 1. The molecule has 1 aliphatic heterocycles. The Morgan fingerprint density at radius 2 is 1.97 bits per heavy atom. The summed E-state index contributed by atoms with van der Waals surface area (Å²) in [4.78, 5) is 5.40. The maximum absolute atomic E-state index is 13.5. The molecular formula is C21H25FN4O3S. The van der Waals surface area contributed by atoms with Crippen LogP contribution in [0.25, 0.3) is 10.9 Å². The van der Waals surface area contributed by atoms with Crippen LogP contribution < -0.4 is 19.7 Å². The van der Waals surface area contributed by atoms with Gasteiger partial charge in [-0.15, -0.1) is 0 Å². The highest BCUT2D eigenvalue weighted by molar-refractivity contribution is 7.89. The molecule has 3 aromatic rings. The highest BCUT2D eigenvalue weighted by Crippen LogP contribution is 2.31. The fourth-order valence-corrected chi connectivity index (χ4v) is 4.80. The Morgan fingerprint density at radius 1 is 1.17 bits per heavy atom. The van der Waals surface area contributed by atoms with Crippen molar-refractivity contribution in [3.8, 4) is 5.75 Å². The summed E-state index contributed by atoms with van der Waals surface area (Å²) >= 11 is 0. The normalized spacial score (nSPS) is 14.9. The van der Waals surface area contributed by atoms with E-state index in [2.05, 4.69) is 19.9 Å². The minimum Gasteiger partial charge on any atom is -0.495 e. The first-order chi connectivity index (χ1) is 14.5. The molecule has 3 N–H and O–H groups in total. The van der Waals surface area contributed by atoms with E-state index in [9.17, 15) is 12.8 Å². The number of ether oxygens (including phenoxy) is 1. The maximum atomic E-state index is 13.5. The van der Waals surface area contributed by atoms with Crippen LogP contribution in [-0.4, -0.2) is 53.2 Å². The fourth-order valence-electron chi connectivity index (χ4n) is 3.75. The monoisotopic (exact) mass is 432 g/mol. The van der Waals surface area contributed by atoms with E-state index in [4.69, 9.17) is 4.74 Å². The summed E-state index contributed by atoms with van der Waals surface area (Å²) in [7, 11) is -2.11. The second-order valence-corrected chi connectivity index (χ2v) is 8.99. The van der Waals surface area contributed by atoms with Gasteiger partial charge in [0.1, 0.15) is 11.6 Å². The lowest BCUT2D eigenvalue weighted by Crippen LogP contribution is -2.43. The number of hydrogen-bond donors (Lipinski definition) is 3. The van der Waals surface area contributed by atoms with Crippen molar-refractivity contribution < 1.29 is 17.5 Å². The van der Waals surface area contributed by atoms with Gasteiger partial charge in [-0.05, 0) is 48.4 Å². The number of fused-ring (bicyclic) bond motifs is 1. The second kappa shape index (κ2) is 8.63. The predicted molar refractivity (Wildman–Crippen MR) is 115 cm³/mol. The smallest absolute Gasteiger partial charge is 0.240 e. The largest absolute Gasteiger partial charge is 0.495 e. The van der Waals surface area contributed by atoms with Crippen LogP contribution in [0.4, 0.5) is 10.1 Å². The molecule has 0 atom stereocenters. The third kappa shape index (κ3) is 4.28. The number of hydrogen-bond acceptors (Lipinski definition) is 5. The number of nitrogens with one attached hydrogen (secondary N) is 3. The number of piperazine rings is 1. The van der Waals surface area contributed by atoms with Gasteiger partial charge in [0.05, 0.1) is 17.7 Å². The summed E-state index contributed by atoms with van der Waals surface area (Å²) in [6, 6.07) is 9.42. The molecule has 0 spiro atoms. The van der Waals surface area contributed by atoms with Crippen LogP contribution in [0.2, 0.25) is 0 Å². The number of methoxy groups -OCH3 is 1. The Bertz CT molecular complexity index is 1140. The van der Waals surface area contributed by atoms with Gasteiger partial charge in [-0.25, -0.2) is 17.5 Å². The maximum Gasteiger partial charge on any atom is 0.240 e. The quantitative estimate of drug-likeness (QED) is 0.533. The van der Waals surface area contributed by atoms with Crippen molar-refractivity contribution in [2.24, 2.45) is 0 Å². The molecule has 0 radical (unpaired) electrons. The molecule has 0 aliphatic carbocycles. The molecule has 1 aromatic heterocycles. The number of benzene rings is 2. The number of rotatable bonds is 7. The number of H-pyrrole nitrogens is 1. The molecule has 0 unspecified atom stereocenters. The van der Waals surface area contributed by atoms with Crippen LogP contribution in [0.1, 0.15) is 5.56 Å². The Kier molecular flexibility index (Phi) is 5.94. The van der Waals surface area contributed by atoms with Crippen molar-refractivity contribution in [2.75, 3.05) is 44.7 Å². The molecule has 1 saturated heterocycles. The minimum absolute atomic E-state index is 0.196. The van der Waals surface area contributed by atoms with Crippen molar-refractivity contribution in [3.63, 3.8) is 0 Å². The summed E-state index contributed by atoms with van der Waals surface area (Å²) in [5.74, 6) is 0.333. The molecule has 1 fully saturated rings. The summed E-state index contributed by atoms with van der Waals surface area (Å²) in [5.41, 5.74) is 2.46. The Morgan fingerprint density at radius 3 is 2.73 bits per heavy atom. The number of sulfonamides is 1. The Hall–Kier alpha value is -2.62. The summed E-state index contributed by atoms with van der Waals surface area (Å²) in [5, 5.41) is 4.05. The Labute approximate surface area is 175 Å². The molecule has 2 heterocycles. The zero-order valence-electron chi connectivity index (χ0n) is 16.7. The molecule has 7 nitrogen and oxygen atoms in total. The van der Waals surface area contributed by atoms with Crippen molar-refractivity contribution in [1.82, 2.24) is 15.0 Å². The molecular weight excluding hydrogens is 407 g/mol. The SMILES string of the molecule is COc1ccc(S(=O)(=O)NCCc2c[nH]c3ccc(F)cc23)cc1N1CCNCC1. The lowest BCUT2D eigenvalue weighted by Gasteiger charge is -2.30. The third-order valence-corrected chi connectivity index (χ3v) is 6.79. The average Bonchev–Trinajstić information content (AvgIpc) is 3.16. The van der Waals surface area contributed by atoms with Crippen molar-refractivity contribution in [2.45, 2.75) is 11.3 Å². The summed E-state index contributed by atoms with van der Waals surface area (Å²) < 4.78 is 47.4. The molecule has 0 saturated carbocycles. The van der Waals surface area contributed by atoms with E-state index >= 15 is 0 Å².